The normalized spacial score (nSPS) is 12.6. The summed E-state index contributed by atoms with van der Waals surface area (Å²) in [6.45, 7) is 3.88. The van der Waals surface area contributed by atoms with E-state index in [1.54, 1.807) is 10.7 Å². The molecule has 0 saturated heterocycles. The van der Waals surface area contributed by atoms with E-state index in [-0.39, 0.29) is 12.5 Å². The van der Waals surface area contributed by atoms with Crippen LogP contribution in [-0.2, 0) is 11.2 Å². The monoisotopic (exact) mass is 277 g/mol. The maximum atomic E-state index is 13.3. The van der Waals surface area contributed by atoms with E-state index in [2.05, 4.69) is 10.1 Å². The molecule has 0 aliphatic rings. The molecule has 0 radical (unpaired) electrons. The van der Waals surface area contributed by atoms with Crippen LogP contribution in [-0.4, -0.2) is 25.8 Å². The van der Waals surface area contributed by atoms with Gasteiger partial charge in [0, 0.05) is 12.5 Å². The molecule has 0 aliphatic heterocycles. The first-order valence-corrected chi connectivity index (χ1v) is 6.35. The molecular formula is C14H16FN3O2. The average molecular weight is 277 g/mol. The number of aliphatic carboxylic acids is 1. The first kappa shape index (κ1) is 14.2. The van der Waals surface area contributed by atoms with Crippen molar-refractivity contribution in [3.63, 3.8) is 0 Å². The molecule has 0 amide bonds. The third-order valence-corrected chi connectivity index (χ3v) is 3.07. The number of aromatic nitrogens is 3. The summed E-state index contributed by atoms with van der Waals surface area (Å²) < 4.78 is 14.9. The molecule has 1 unspecified atom stereocenters. The summed E-state index contributed by atoms with van der Waals surface area (Å²) in [6.07, 6.45) is 1.58. The van der Waals surface area contributed by atoms with E-state index < -0.39 is 17.7 Å². The fourth-order valence-corrected chi connectivity index (χ4v) is 2.11. The van der Waals surface area contributed by atoms with Gasteiger partial charge in [-0.25, -0.2) is 14.1 Å². The highest BCUT2D eigenvalue weighted by Crippen LogP contribution is 2.22. The fraction of sp³-hybridized carbons (Fsp3) is 0.357. The Morgan fingerprint density at radius 2 is 2.20 bits per heavy atom. The topological polar surface area (TPSA) is 68.0 Å². The van der Waals surface area contributed by atoms with Crippen LogP contribution >= 0.6 is 0 Å². The third kappa shape index (κ3) is 3.01. The molecule has 0 fully saturated rings. The van der Waals surface area contributed by atoms with E-state index in [9.17, 15) is 14.3 Å². The second kappa shape index (κ2) is 5.81. The van der Waals surface area contributed by atoms with Crippen LogP contribution in [0.5, 0.6) is 0 Å². The molecule has 0 bridgehead atoms. The molecule has 1 N–H and O–H groups in total. The maximum absolute atomic E-state index is 13.3. The number of rotatable bonds is 5. The predicted molar refractivity (Wildman–Crippen MR) is 70.9 cm³/mol. The van der Waals surface area contributed by atoms with Gasteiger partial charge in [0.25, 0.3) is 0 Å². The molecule has 106 valence electrons. The number of carboxylic acids is 1. The van der Waals surface area contributed by atoms with E-state index >= 15 is 0 Å². The number of hydrogen-bond acceptors (Lipinski definition) is 3. The molecule has 5 nitrogen and oxygen atoms in total. The van der Waals surface area contributed by atoms with Crippen LogP contribution < -0.4 is 0 Å². The van der Waals surface area contributed by atoms with Gasteiger partial charge in [-0.05, 0) is 31.5 Å². The van der Waals surface area contributed by atoms with Gasteiger partial charge >= 0.3 is 5.97 Å². The van der Waals surface area contributed by atoms with E-state index in [1.165, 1.54) is 24.5 Å². The van der Waals surface area contributed by atoms with Gasteiger partial charge in [-0.2, -0.15) is 5.10 Å². The van der Waals surface area contributed by atoms with Crippen molar-refractivity contribution in [3.05, 3.63) is 47.8 Å². The van der Waals surface area contributed by atoms with Crippen LogP contribution in [0.15, 0.2) is 30.6 Å². The van der Waals surface area contributed by atoms with Gasteiger partial charge in [-0.3, -0.25) is 4.79 Å². The van der Waals surface area contributed by atoms with E-state index in [1.807, 2.05) is 13.8 Å². The van der Waals surface area contributed by atoms with Crippen molar-refractivity contribution in [3.8, 4) is 0 Å². The number of carboxylic acid groups (broad SMARTS) is 1. The molecule has 1 aromatic carbocycles. The average Bonchev–Trinajstić information content (AvgIpc) is 2.83. The minimum absolute atomic E-state index is 0.0921. The highest BCUT2D eigenvalue weighted by atomic mass is 19.1. The van der Waals surface area contributed by atoms with Crippen molar-refractivity contribution >= 4 is 5.97 Å². The molecule has 1 heterocycles. The van der Waals surface area contributed by atoms with Gasteiger partial charge in [0.15, 0.2) is 0 Å². The molecule has 2 rings (SSSR count). The highest BCUT2D eigenvalue weighted by Gasteiger charge is 2.23. The van der Waals surface area contributed by atoms with E-state index in [0.717, 1.165) is 0 Å². The van der Waals surface area contributed by atoms with Crippen LogP contribution in [0.2, 0.25) is 0 Å². The van der Waals surface area contributed by atoms with Crippen LogP contribution in [0.4, 0.5) is 4.39 Å². The third-order valence-electron chi connectivity index (χ3n) is 3.07. The van der Waals surface area contributed by atoms with Crippen molar-refractivity contribution in [2.45, 2.75) is 32.2 Å². The number of hydrogen-bond donors (Lipinski definition) is 1. The summed E-state index contributed by atoms with van der Waals surface area (Å²) in [5, 5.41) is 13.4. The van der Waals surface area contributed by atoms with Gasteiger partial charge < -0.3 is 5.11 Å². The van der Waals surface area contributed by atoms with E-state index in [4.69, 9.17) is 0 Å². The zero-order valence-electron chi connectivity index (χ0n) is 11.3. The Balaban J connectivity index is 2.31. The zero-order chi connectivity index (χ0) is 14.7. The number of halogens is 1. The van der Waals surface area contributed by atoms with Crippen LogP contribution in [0, 0.1) is 5.82 Å². The van der Waals surface area contributed by atoms with Crippen LogP contribution in [0.1, 0.15) is 37.2 Å². The number of carbonyl (C=O) groups is 1. The maximum Gasteiger partial charge on any atom is 0.311 e. The first-order valence-electron chi connectivity index (χ1n) is 6.35. The quantitative estimate of drug-likeness (QED) is 0.911. The van der Waals surface area contributed by atoms with Crippen molar-refractivity contribution in [2.24, 2.45) is 0 Å². The summed E-state index contributed by atoms with van der Waals surface area (Å²) in [4.78, 5) is 15.5. The molecule has 2 aromatic rings. The Labute approximate surface area is 116 Å². The highest BCUT2D eigenvalue weighted by molar-refractivity contribution is 5.76. The summed E-state index contributed by atoms with van der Waals surface area (Å²) in [7, 11) is 0. The minimum Gasteiger partial charge on any atom is -0.481 e. The molecule has 0 saturated carbocycles. The number of nitrogens with zero attached hydrogens (tertiary/aromatic N) is 3. The summed E-state index contributed by atoms with van der Waals surface area (Å²) in [5.74, 6) is -1.71. The smallest absolute Gasteiger partial charge is 0.311 e. The lowest BCUT2D eigenvalue weighted by Gasteiger charge is -2.14. The largest absolute Gasteiger partial charge is 0.481 e. The Morgan fingerprint density at radius 1 is 1.45 bits per heavy atom. The lowest BCUT2D eigenvalue weighted by molar-refractivity contribution is -0.138. The Hall–Kier alpha value is -2.24. The predicted octanol–water partition coefficient (Wildman–Crippen LogP) is 2.41. The van der Waals surface area contributed by atoms with Gasteiger partial charge in [0.2, 0.25) is 0 Å². The van der Waals surface area contributed by atoms with Crippen molar-refractivity contribution in [2.75, 3.05) is 0 Å². The first-order chi connectivity index (χ1) is 9.49. The summed E-state index contributed by atoms with van der Waals surface area (Å²) in [6, 6.07) is 5.74. The Bertz CT molecular complexity index is 610. The van der Waals surface area contributed by atoms with Crippen molar-refractivity contribution in [1.29, 1.82) is 0 Å². The molecule has 0 aliphatic carbocycles. The fourth-order valence-electron chi connectivity index (χ4n) is 2.11. The van der Waals surface area contributed by atoms with E-state index in [0.29, 0.717) is 11.4 Å². The lowest BCUT2D eigenvalue weighted by atomic mass is 9.95. The molecule has 1 atom stereocenters. The zero-order valence-corrected chi connectivity index (χ0v) is 11.3. The van der Waals surface area contributed by atoms with Crippen LogP contribution in [0.3, 0.4) is 0 Å². The Morgan fingerprint density at radius 3 is 2.80 bits per heavy atom. The lowest BCUT2D eigenvalue weighted by Crippen LogP contribution is -2.18. The van der Waals surface area contributed by atoms with Gasteiger partial charge in [0.05, 0.1) is 5.92 Å². The van der Waals surface area contributed by atoms with Crippen molar-refractivity contribution < 1.29 is 14.3 Å². The Kier molecular flexibility index (Phi) is 4.12. The van der Waals surface area contributed by atoms with Gasteiger partial charge in [-0.1, -0.05) is 12.1 Å². The molecular weight excluding hydrogens is 261 g/mol. The SMILES string of the molecule is CC(C)n1ncnc1CC(C(=O)O)c1cccc(F)c1. The molecule has 6 heteroatoms. The minimum atomic E-state index is -1.01. The molecule has 20 heavy (non-hydrogen) atoms. The van der Waals surface area contributed by atoms with Crippen molar-refractivity contribution in [1.82, 2.24) is 14.8 Å². The molecule has 0 spiro atoms. The van der Waals surface area contributed by atoms with Gasteiger partial charge in [-0.15, -0.1) is 0 Å². The second-order valence-electron chi connectivity index (χ2n) is 4.86. The summed E-state index contributed by atoms with van der Waals surface area (Å²) in [5.41, 5.74) is 0.427. The second-order valence-corrected chi connectivity index (χ2v) is 4.86. The standard InChI is InChI=1S/C14H16FN3O2/c1-9(2)18-13(16-8-17-18)7-12(14(19)20)10-4-3-5-11(15)6-10/h3-6,8-9,12H,7H2,1-2H3,(H,19,20). The number of benzene rings is 1. The van der Waals surface area contributed by atoms with Crippen LogP contribution in [0.25, 0.3) is 0 Å². The van der Waals surface area contributed by atoms with Gasteiger partial charge in [0.1, 0.15) is 18.0 Å². The molecule has 1 aromatic heterocycles. The summed E-state index contributed by atoms with van der Waals surface area (Å²) >= 11 is 0.